The standard InChI is InChI=1S/C4H6NO2/c5-4(6)3-1-7-2-3/h1,3H,2H2,(H2,5,6). The third kappa shape index (κ3) is 0.718. The zero-order chi connectivity index (χ0) is 5.28. The maximum atomic E-state index is 10.1. The molecular weight excluding hydrogens is 94.0 g/mol. The largest absolute Gasteiger partial charge is 0.374 e. The van der Waals surface area contributed by atoms with Crippen LogP contribution in [-0.2, 0) is 9.53 Å². The lowest BCUT2D eigenvalue weighted by Crippen LogP contribution is -2.35. The van der Waals surface area contributed by atoms with E-state index in [1.165, 1.54) is 6.61 Å². The number of primary amides is 1. The van der Waals surface area contributed by atoms with Gasteiger partial charge < -0.3 is 10.5 Å². The van der Waals surface area contributed by atoms with E-state index >= 15 is 0 Å². The molecular formula is C4H6NO2. The Labute approximate surface area is 41.4 Å². The third-order valence-corrected chi connectivity index (χ3v) is 0.902. The molecule has 7 heavy (non-hydrogen) atoms. The van der Waals surface area contributed by atoms with Crippen LogP contribution in [-0.4, -0.2) is 12.5 Å². The van der Waals surface area contributed by atoms with Crippen LogP contribution >= 0.6 is 0 Å². The molecule has 0 aromatic heterocycles. The maximum Gasteiger partial charge on any atom is 0.225 e. The lowest BCUT2D eigenvalue weighted by atomic mass is 10.1. The number of nitrogens with two attached hydrogens (primary N) is 1. The first-order valence-corrected chi connectivity index (χ1v) is 2.05. The van der Waals surface area contributed by atoms with Crippen LogP contribution in [0.15, 0.2) is 0 Å². The highest BCUT2D eigenvalue weighted by atomic mass is 16.5. The monoisotopic (exact) mass is 100 g/mol. The van der Waals surface area contributed by atoms with Crippen molar-refractivity contribution in [2.45, 2.75) is 0 Å². The zero-order valence-electron chi connectivity index (χ0n) is 3.76. The second-order valence-electron chi connectivity index (χ2n) is 1.48. The lowest BCUT2D eigenvalue weighted by molar-refractivity contribution is -0.128. The molecule has 1 saturated heterocycles. The van der Waals surface area contributed by atoms with E-state index in [9.17, 15) is 4.79 Å². The highest BCUT2D eigenvalue weighted by Gasteiger charge is 2.24. The van der Waals surface area contributed by atoms with Crippen molar-refractivity contribution in [1.29, 1.82) is 0 Å². The van der Waals surface area contributed by atoms with Crippen molar-refractivity contribution in [2.24, 2.45) is 11.7 Å². The van der Waals surface area contributed by atoms with Gasteiger partial charge in [-0.15, -0.1) is 0 Å². The van der Waals surface area contributed by atoms with Crippen molar-refractivity contribution in [3.05, 3.63) is 6.61 Å². The molecule has 1 fully saturated rings. The summed E-state index contributed by atoms with van der Waals surface area (Å²) < 4.78 is 4.57. The molecule has 0 aromatic rings. The van der Waals surface area contributed by atoms with Crippen LogP contribution in [0.1, 0.15) is 0 Å². The Hall–Kier alpha value is -0.570. The van der Waals surface area contributed by atoms with E-state index in [1.54, 1.807) is 0 Å². The number of amides is 1. The summed E-state index contributed by atoms with van der Waals surface area (Å²) in [5, 5.41) is 0. The molecule has 0 aliphatic carbocycles. The predicted octanol–water partition coefficient (Wildman–Crippen LogP) is -0.720. The second kappa shape index (κ2) is 1.50. The molecule has 0 bridgehead atoms. The van der Waals surface area contributed by atoms with Gasteiger partial charge in [0.15, 0.2) is 0 Å². The van der Waals surface area contributed by atoms with Gasteiger partial charge in [-0.25, -0.2) is 0 Å². The molecule has 1 amide bonds. The number of hydrogen-bond donors (Lipinski definition) is 1. The summed E-state index contributed by atoms with van der Waals surface area (Å²) >= 11 is 0. The highest BCUT2D eigenvalue weighted by molar-refractivity contribution is 5.78. The topological polar surface area (TPSA) is 52.3 Å². The first-order chi connectivity index (χ1) is 3.30. The quantitative estimate of drug-likeness (QED) is 0.472. The molecule has 1 rings (SSSR count). The molecule has 1 radical (unpaired) electrons. The van der Waals surface area contributed by atoms with Gasteiger partial charge in [-0.1, -0.05) is 0 Å². The van der Waals surface area contributed by atoms with Gasteiger partial charge in [0.1, 0.15) is 0 Å². The van der Waals surface area contributed by atoms with Gasteiger partial charge >= 0.3 is 0 Å². The normalized spacial score (nSPS) is 21.1. The van der Waals surface area contributed by atoms with E-state index in [0.29, 0.717) is 6.61 Å². The van der Waals surface area contributed by atoms with Crippen LogP contribution in [0.3, 0.4) is 0 Å². The fourth-order valence-electron chi connectivity index (χ4n) is 0.342. The van der Waals surface area contributed by atoms with Crippen LogP contribution in [0.5, 0.6) is 0 Å². The van der Waals surface area contributed by atoms with Crippen molar-refractivity contribution >= 4 is 5.91 Å². The molecule has 1 unspecified atom stereocenters. The Morgan fingerprint density at radius 3 is 2.57 bits per heavy atom. The van der Waals surface area contributed by atoms with E-state index in [4.69, 9.17) is 5.73 Å². The Morgan fingerprint density at radius 1 is 2.00 bits per heavy atom. The number of carbonyl (C=O) groups is 1. The van der Waals surface area contributed by atoms with E-state index in [0.717, 1.165) is 0 Å². The molecule has 1 aliphatic heterocycles. The molecule has 1 atom stereocenters. The van der Waals surface area contributed by atoms with Gasteiger partial charge in [0, 0.05) is 0 Å². The Morgan fingerprint density at radius 2 is 2.57 bits per heavy atom. The molecule has 3 heteroatoms. The zero-order valence-corrected chi connectivity index (χ0v) is 3.76. The van der Waals surface area contributed by atoms with E-state index in [1.807, 2.05) is 0 Å². The van der Waals surface area contributed by atoms with Crippen LogP contribution in [0.25, 0.3) is 0 Å². The molecule has 1 heterocycles. The van der Waals surface area contributed by atoms with Crippen molar-refractivity contribution in [2.75, 3.05) is 6.61 Å². The van der Waals surface area contributed by atoms with E-state index < -0.39 is 0 Å². The van der Waals surface area contributed by atoms with E-state index in [2.05, 4.69) is 4.74 Å². The van der Waals surface area contributed by atoms with Crippen LogP contribution in [0, 0.1) is 12.5 Å². The maximum absolute atomic E-state index is 10.1. The smallest absolute Gasteiger partial charge is 0.225 e. The van der Waals surface area contributed by atoms with Crippen molar-refractivity contribution < 1.29 is 9.53 Å². The predicted molar refractivity (Wildman–Crippen MR) is 22.9 cm³/mol. The molecule has 0 saturated carbocycles. The average Bonchev–Trinajstić information content (AvgIpc) is 1.23. The fraction of sp³-hybridized carbons (Fsp3) is 0.500. The van der Waals surface area contributed by atoms with Gasteiger partial charge in [-0.05, 0) is 0 Å². The highest BCUT2D eigenvalue weighted by Crippen LogP contribution is 2.12. The van der Waals surface area contributed by atoms with Crippen molar-refractivity contribution in [3.8, 4) is 0 Å². The van der Waals surface area contributed by atoms with Crippen molar-refractivity contribution in [3.63, 3.8) is 0 Å². The Bertz CT molecular complexity index is 87.7. The molecule has 39 valence electrons. The average molecular weight is 100 g/mol. The summed E-state index contributed by atoms with van der Waals surface area (Å²) in [6, 6.07) is 0. The van der Waals surface area contributed by atoms with Crippen molar-refractivity contribution in [1.82, 2.24) is 0 Å². The van der Waals surface area contributed by atoms with Crippen LogP contribution < -0.4 is 5.73 Å². The minimum Gasteiger partial charge on any atom is -0.374 e. The van der Waals surface area contributed by atoms with Gasteiger partial charge in [0.2, 0.25) is 5.91 Å². The molecule has 0 spiro atoms. The summed E-state index contributed by atoms with van der Waals surface area (Å²) in [6.45, 7) is 1.91. The van der Waals surface area contributed by atoms with Crippen LogP contribution in [0.4, 0.5) is 0 Å². The summed E-state index contributed by atoms with van der Waals surface area (Å²) in [6.07, 6.45) is 0. The van der Waals surface area contributed by atoms with Gasteiger partial charge in [0.25, 0.3) is 0 Å². The summed E-state index contributed by atoms with van der Waals surface area (Å²) in [7, 11) is 0. The Balaban J connectivity index is 2.27. The second-order valence-corrected chi connectivity index (χ2v) is 1.48. The number of hydrogen-bond acceptors (Lipinski definition) is 2. The summed E-state index contributed by atoms with van der Waals surface area (Å²) in [5.74, 6) is -0.425. The van der Waals surface area contributed by atoms with E-state index in [-0.39, 0.29) is 11.8 Å². The van der Waals surface area contributed by atoms with Gasteiger partial charge in [0.05, 0.1) is 19.1 Å². The third-order valence-electron chi connectivity index (χ3n) is 0.902. The van der Waals surface area contributed by atoms with Crippen LogP contribution in [0.2, 0.25) is 0 Å². The lowest BCUT2D eigenvalue weighted by Gasteiger charge is -2.20. The minimum atomic E-state index is -0.300. The molecule has 1 aliphatic rings. The minimum absolute atomic E-state index is 0.125. The first kappa shape index (κ1) is 4.59. The van der Waals surface area contributed by atoms with Gasteiger partial charge in [-0.3, -0.25) is 4.79 Å². The number of ether oxygens (including phenoxy) is 1. The molecule has 0 aromatic carbocycles. The molecule has 2 N–H and O–H groups in total. The Kier molecular flexibility index (Phi) is 0.982. The first-order valence-electron chi connectivity index (χ1n) is 2.05. The fourth-order valence-corrected chi connectivity index (χ4v) is 0.342. The summed E-state index contributed by atoms with van der Waals surface area (Å²) in [5.41, 5.74) is 4.85. The number of carbonyl (C=O) groups excluding carboxylic acids is 1. The number of rotatable bonds is 1. The van der Waals surface area contributed by atoms with Gasteiger partial charge in [-0.2, -0.15) is 0 Å². The SMILES string of the molecule is NC(=O)C1[CH]OC1. The summed E-state index contributed by atoms with van der Waals surface area (Å²) in [4.78, 5) is 10.1. The molecule has 3 nitrogen and oxygen atoms in total.